The maximum Gasteiger partial charge on any atom is 0.264 e. The summed E-state index contributed by atoms with van der Waals surface area (Å²) in [4.78, 5) is 30.1. The van der Waals surface area contributed by atoms with E-state index in [0.717, 1.165) is 28.3 Å². The number of anilines is 2. The molecule has 1 saturated heterocycles. The number of aliphatic hydroxyl groups excluding tert-OH is 1. The van der Waals surface area contributed by atoms with Crippen LogP contribution in [0.15, 0.2) is 97.2 Å². The number of aryl methyl sites for hydroxylation is 1. The fourth-order valence-corrected chi connectivity index (χ4v) is 12.8. The van der Waals surface area contributed by atoms with Gasteiger partial charge < -0.3 is 29.5 Å². The van der Waals surface area contributed by atoms with Crippen LogP contribution in [0, 0.1) is 5.92 Å². The number of amides is 2. The van der Waals surface area contributed by atoms with Gasteiger partial charge in [0.2, 0.25) is 0 Å². The van der Waals surface area contributed by atoms with E-state index in [1.165, 1.54) is 5.19 Å². The Morgan fingerprint density at radius 3 is 2.40 bits per heavy atom. The molecule has 286 valence electrons. The summed E-state index contributed by atoms with van der Waals surface area (Å²) < 4.78 is 19.8. The van der Waals surface area contributed by atoms with Crippen molar-refractivity contribution in [2.24, 2.45) is 5.92 Å². The van der Waals surface area contributed by atoms with Gasteiger partial charge in [-0.2, -0.15) is 0 Å². The van der Waals surface area contributed by atoms with Crippen LogP contribution in [-0.2, 0) is 34.6 Å². The van der Waals surface area contributed by atoms with Gasteiger partial charge in [-0.1, -0.05) is 66.3 Å². The monoisotopic (exact) mass is 779 g/mol. The summed E-state index contributed by atoms with van der Waals surface area (Å²) in [6.45, 7) is 7.64. The molecular formula is C42H46ClN5O6Si. The van der Waals surface area contributed by atoms with Crippen LogP contribution in [0.3, 0.4) is 0 Å². The Labute approximate surface area is 327 Å². The number of carbonyl (C=O) groups excluding carboxylic acids is 2. The van der Waals surface area contributed by atoms with E-state index in [-0.39, 0.29) is 42.5 Å². The molecule has 0 unspecified atom stereocenters. The van der Waals surface area contributed by atoms with Gasteiger partial charge in [-0.05, 0) is 84.3 Å². The molecule has 2 aliphatic heterocycles. The largest absolute Gasteiger partial charge is 0.497 e. The predicted molar refractivity (Wildman–Crippen MR) is 215 cm³/mol. The zero-order valence-corrected chi connectivity index (χ0v) is 33.4. The lowest BCUT2D eigenvalue weighted by atomic mass is 9.82. The second-order valence-electron chi connectivity index (χ2n) is 14.8. The Hall–Kier alpha value is -5.01. The minimum Gasteiger partial charge on any atom is -0.497 e. The Bertz CT molecular complexity index is 2180. The van der Waals surface area contributed by atoms with Crippen LogP contribution in [-0.4, -0.2) is 66.9 Å². The molecule has 5 aromatic rings. The van der Waals surface area contributed by atoms with Gasteiger partial charge in [-0.25, -0.2) is 0 Å². The molecule has 13 heteroatoms. The molecular weight excluding hydrogens is 734 g/mol. The zero-order chi connectivity index (χ0) is 38.9. The summed E-state index contributed by atoms with van der Waals surface area (Å²) in [5.74, 6) is 0.855. The fraction of sp³-hybridized carbons (Fsp3) is 0.333. The molecule has 2 N–H and O–H groups in total. The van der Waals surface area contributed by atoms with Crippen molar-refractivity contribution in [1.82, 2.24) is 15.0 Å². The van der Waals surface area contributed by atoms with Gasteiger partial charge in [0.05, 0.1) is 46.3 Å². The number of rotatable bonds is 13. The predicted octanol–water partition coefficient (Wildman–Crippen LogP) is 6.59. The van der Waals surface area contributed by atoms with E-state index in [1.807, 2.05) is 60.8 Å². The van der Waals surface area contributed by atoms with Crippen molar-refractivity contribution in [3.63, 3.8) is 0 Å². The second-order valence-corrected chi connectivity index (χ2v) is 20.0. The number of ether oxygens (including phenoxy) is 3. The highest BCUT2D eigenvalue weighted by Gasteiger charge is 2.66. The number of carbonyl (C=O) groups is 2. The summed E-state index contributed by atoms with van der Waals surface area (Å²) in [6.07, 6.45) is 2.59. The highest BCUT2D eigenvalue weighted by atomic mass is 35.5. The number of aromatic nitrogens is 3. The molecule has 11 nitrogen and oxygen atoms in total. The van der Waals surface area contributed by atoms with Gasteiger partial charge in [0.15, 0.2) is 5.60 Å². The van der Waals surface area contributed by atoms with Crippen LogP contribution >= 0.6 is 11.6 Å². The third kappa shape index (κ3) is 7.27. The number of aliphatic hydroxyl groups is 1. The van der Waals surface area contributed by atoms with E-state index < -0.39 is 13.7 Å². The molecule has 0 radical (unpaired) electrons. The molecule has 1 aromatic heterocycles. The lowest BCUT2D eigenvalue weighted by molar-refractivity contribution is -0.146. The maximum absolute atomic E-state index is 15.2. The second kappa shape index (κ2) is 15.6. The SMILES string of the molecule is COc1ccc(C(=O)Nc2cccc(CN3C(=O)[C@]4(O[C@H](CCn5cc(CCO)nn5)[C@@H]([Si](C)(C)c5ccc(OC)cc5)[C@@H]4C)c4cc(Cl)ccc43)c2)cc1. The van der Waals surface area contributed by atoms with Crippen molar-refractivity contribution in [1.29, 1.82) is 0 Å². The van der Waals surface area contributed by atoms with Crippen molar-refractivity contribution >= 4 is 48.1 Å². The van der Waals surface area contributed by atoms with Crippen LogP contribution in [0.2, 0.25) is 23.7 Å². The average Bonchev–Trinajstić information content (AvgIpc) is 3.83. The Morgan fingerprint density at radius 2 is 1.71 bits per heavy atom. The molecule has 0 bridgehead atoms. The highest BCUT2D eigenvalue weighted by Crippen LogP contribution is 2.60. The van der Waals surface area contributed by atoms with E-state index in [9.17, 15) is 9.90 Å². The van der Waals surface area contributed by atoms with E-state index in [0.29, 0.717) is 41.4 Å². The number of halogens is 1. The molecule has 0 saturated carbocycles. The molecule has 55 heavy (non-hydrogen) atoms. The van der Waals surface area contributed by atoms with E-state index in [2.05, 4.69) is 47.8 Å². The van der Waals surface area contributed by atoms with Gasteiger partial charge in [-0.15, -0.1) is 5.10 Å². The minimum absolute atomic E-state index is 0.00258. The number of nitrogens with one attached hydrogen (secondary N) is 1. The Balaban J connectivity index is 1.22. The molecule has 2 amide bonds. The van der Waals surface area contributed by atoms with Crippen LogP contribution in [0.25, 0.3) is 0 Å². The lowest BCUT2D eigenvalue weighted by Crippen LogP contribution is -2.51. The van der Waals surface area contributed by atoms with Gasteiger partial charge in [-0.3, -0.25) is 14.3 Å². The molecule has 4 atom stereocenters. The Morgan fingerprint density at radius 1 is 1.00 bits per heavy atom. The van der Waals surface area contributed by atoms with E-state index in [4.69, 9.17) is 25.8 Å². The molecule has 4 aromatic carbocycles. The van der Waals surface area contributed by atoms with Gasteiger partial charge in [0, 0.05) is 53.5 Å². The average molecular weight is 780 g/mol. The Kier molecular flexibility index (Phi) is 10.9. The van der Waals surface area contributed by atoms with E-state index >= 15 is 4.79 Å². The molecule has 1 fully saturated rings. The first kappa shape index (κ1) is 38.3. The van der Waals surface area contributed by atoms with Crippen molar-refractivity contribution in [3.05, 3.63) is 125 Å². The quantitative estimate of drug-likeness (QED) is 0.128. The standard InChI is InChI=1S/C42H46ClN5O6Si/c1-27-39(55(4,5)35-16-14-34(53-3)15-17-35)38(19-21-47-26-32(20-22-49)45-46-47)54-42(27)36-24-30(43)11-18-37(36)48(41(42)51)25-28-7-6-8-31(23-28)44-40(50)29-9-12-33(52-2)13-10-29/h6-18,23-24,26-27,38-39,49H,19-22,25H2,1-5H3,(H,44,50)/t27-,38+,39-,42+/m0/s1. The van der Waals surface area contributed by atoms with Crippen LogP contribution < -0.4 is 24.9 Å². The normalized spacial score (nSPS) is 20.5. The number of nitrogens with zero attached hydrogens (tertiary/aromatic N) is 4. The summed E-state index contributed by atoms with van der Waals surface area (Å²) in [6, 6.07) is 28.3. The van der Waals surface area contributed by atoms with Crippen molar-refractivity contribution in [2.75, 3.05) is 31.0 Å². The number of fused-ring (bicyclic) bond motifs is 2. The van der Waals surface area contributed by atoms with Crippen LogP contribution in [0.4, 0.5) is 11.4 Å². The van der Waals surface area contributed by atoms with Crippen molar-refractivity contribution in [2.45, 2.75) is 63.2 Å². The summed E-state index contributed by atoms with van der Waals surface area (Å²) in [7, 11) is 0.869. The van der Waals surface area contributed by atoms with Crippen molar-refractivity contribution in [3.8, 4) is 11.5 Å². The third-order valence-corrected chi connectivity index (χ3v) is 15.9. The summed E-state index contributed by atoms with van der Waals surface area (Å²) in [5, 5.41) is 22.7. The first-order valence-electron chi connectivity index (χ1n) is 18.5. The fourth-order valence-electron chi connectivity index (χ4n) is 8.52. The van der Waals surface area contributed by atoms with Crippen LogP contribution in [0.5, 0.6) is 11.5 Å². The van der Waals surface area contributed by atoms with E-state index in [1.54, 1.807) is 48.1 Å². The summed E-state index contributed by atoms with van der Waals surface area (Å²) in [5.41, 5.74) is 2.94. The van der Waals surface area contributed by atoms with Crippen LogP contribution in [0.1, 0.15) is 40.5 Å². The summed E-state index contributed by atoms with van der Waals surface area (Å²) >= 11 is 6.71. The first-order chi connectivity index (χ1) is 26.5. The van der Waals surface area contributed by atoms with Gasteiger partial charge >= 0.3 is 0 Å². The molecule has 3 heterocycles. The number of hydrogen-bond acceptors (Lipinski definition) is 8. The van der Waals surface area contributed by atoms with Gasteiger partial charge in [0.1, 0.15) is 11.5 Å². The molecule has 7 rings (SSSR count). The number of hydrogen-bond donors (Lipinski definition) is 2. The first-order valence-corrected chi connectivity index (χ1v) is 21.9. The number of methoxy groups -OCH3 is 2. The smallest absolute Gasteiger partial charge is 0.264 e. The highest BCUT2D eigenvalue weighted by molar-refractivity contribution is 6.91. The maximum atomic E-state index is 15.2. The molecule has 2 aliphatic rings. The molecule has 0 aliphatic carbocycles. The topological polar surface area (TPSA) is 128 Å². The number of benzene rings is 4. The molecule has 1 spiro atoms. The minimum atomic E-state index is -2.37. The zero-order valence-electron chi connectivity index (χ0n) is 31.7. The third-order valence-electron chi connectivity index (χ3n) is 11.3. The van der Waals surface area contributed by atoms with Gasteiger partial charge in [0.25, 0.3) is 11.8 Å². The van der Waals surface area contributed by atoms with Crippen molar-refractivity contribution < 1.29 is 28.9 Å². The lowest BCUT2D eigenvalue weighted by Gasteiger charge is -2.37.